The van der Waals surface area contributed by atoms with Crippen LogP contribution >= 0.6 is 0 Å². The second-order valence-electron chi connectivity index (χ2n) is 13.6. The summed E-state index contributed by atoms with van der Waals surface area (Å²) in [5.74, 6) is 0. The molecule has 0 N–H and O–H groups in total. The molecule has 2 aliphatic heterocycles. The summed E-state index contributed by atoms with van der Waals surface area (Å²) in [6, 6.07) is 18.4. The van der Waals surface area contributed by atoms with Crippen molar-refractivity contribution in [2.45, 2.75) is 84.1 Å². The van der Waals surface area contributed by atoms with Gasteiger partial charge >= 0.3 is 6.09 Å². The van der Waals surface area contributed by atoms with E-state index in [4.69, 9.17) is 14.5 Å². The Morgan fingerprint density at radius 1 is 0.976 bits per heavy atom. The van der Waals surface area contributed by atoms with Crippen LogP contribution in [0.25, 0.3) is 28.0 Å². The molecule has 1 saturated heterocycles. The molecule has 0 radical (unpaired) electrons. The zero-order chi connectivity index (χ0) is 29.9. The van der Waals surface area contributed by atoms with Gasteiger partial charge in [-0.1, -0.05) is 68.2 Å². The topological polar surface area (TPSA) is 69.0 Å². The maximum atomic E-state index is 12.8. The molecule has 0 aliphatic carbocycles. The average molecular weight is 585 g/mol. The van der Waals surface area contributed by atoms with Crippen LogP contribution in [0.2, 0.25) is 25.7 Å². The van der Waals surface area contributed by atoms with Gasteiger partial charge in [0.05, 0.1) is 18.1 Å². The first kappa shape index (κ1) is 30.0. The normalized spacial score (nSPS) is 17.4. The Balaban J connectivity index is 1.16. The number of hydrogen-bond acceptors (Lipinski definition) is 5. The van der Waals surface area contributed by atoms with Crippen LogP contribution < -0.4 is 0 Å². The maximum absolute atomic E-state index is 12.8. The van der Waals surface area contributed by atoms with Gasteiger partial charge in [-0.05, 0) is 61.9 Å². The minimum Gasteiger partial charge on any atom is -0.444 e. The lowest BCUT2D eigenvalue weighted by Gasteiger charge is -2.28. The van der Waals surface area contributed by atoms with Crippen LogP contribution in [-0.4, -0.2) is 59.1 Å². The highest BCUT2D eigenvalue weighted by Crippen LogP contribution is 2.32. The highest BCUT2D eigenvalue weighted by molar-refractivity contribution is 6.76. The van der Waals surface area contributed by atoms with Gasteiger partial charge in [-0.15, -0.1) is 0 Å². The summed E-state index contributed by atoms with van der Waals surface area (Å²) >= 11 is 0. The fourth-order valence-electron chi connectivity index (χ4n) is 5.32. The van der Waals surface area contributed by atoms with Crippen LogP contribution in [0, 0.1) is 0 Å². The third-order valence-electron chi connectivity index (χ3n) is 7.66. The zero-order valence-electron chi connectivity index (χ0n) is 25.9. The molecule has 5 rings (SSSR count). The predicted octanol–water partition coefficient (Wildman–Crippen LogP) is 8.11. The summed E-state index contributed by atoms with van der Waals surface area (Å²) in [6.45, 7) is 14.9. The number of benzene rings is 2. The van der Waals surface area contributed by atoms with Crippen molar-refractivity contribution in [3.8, 4) is 22.4 Å². The highest BCUT2D eigenvalue weighted by Gasteiger charge is 2.36. The van der Waals surface area contributed by atoms with Crippen LogP contribution in [-0.2, 0) is 16.2 Å². The number of allylic oxidation sites excluding steroid dienone is 1. The van der Waals surface area contributed by atoms with Gasteiger partial charge in [0.25, 0.3) is 0 Å². The summed E-state index contributed by atoms with van der Waals surface area (Å²) in [4.78, 5) is 23.9. The fraction of sp³-hybridized carbons (Fsp3) is 0.441. The molecule has 7 nitrogen and oxygen atoms in total. The van der Waals surface area contributed by atoms with Crippen molar-refractivity contribution < 1.29 is 14.3 Å². The molecule has 2 aliphatic rings. The Hall–Kier alpha value is -3.49. The number of aromatic nitrogens is 2. The van der Waals surface area contributed by atoms with Crippen molar-refractivity contribution in [3.63, 3.8) is 0 Å². The number of carbonyl (C=O) groups excluding carboxylic acids is 1. The SMILES string of the molecule is CC(C)(C)OC(=O)N1CCC[C@@H]1C1=NC=C(c2ccc(-c3ccc(-c4cn(COCC[Si](C)(C)C)cn4)cc3)cc2)C1. The molecule has 0 unspecified atom stereocenters. The summed E-state index contributed by atoms with van der Waals surface area (Å²) in [5.41, 5.74) is 7.25. The number of carbonyl (C=O) groups is 1. The Morgan fingerprint density at radius 2 is 1.62 bits per heavy atom. The van der Waals surface area contributed by atoms with Gasteiger partial charge in [0.2, 0.25) is 0 Å². The lowest BCUT2D eigenvalue weighted by atomic mass is 9.96. The monoisotopic (exact) mass is 584 g/mol. The van der Waals surface area contributed by atoms with Crippen molar-refractivity contribution in [1.82, 2.24) is 14.5 Å². The molecule has 222 valence electrons. The number of imidazole rings is 1. The van der Waals surface area contributed by atoms with Crippen molar-refractivity contribution in [2.24, 2.45) is 4.99 Å². The van der Waals surface area contributed by atoms with Crippen molar-refractivity contribution in [3.05, 3.63) is 72.8 Å². The van der Waals surface area contributed by atoms with E-state index in [1.807, 2.05) is 49.0 Å². The van der Waals surface area contributed by atoms with E-state index >= 15 is 0 Å². The third kappa shape index (κ3) is 7.66. The van der Waals surface area contributed by atoms with Crippen LogP contribution in [0.1, 0.15) is 45.6 Å². The number of nitrogens with zero attached hydrogens (tertiary/aromatic N) is 4. The Labute approximate surface area is 251 Å². The molecule has 3 aromatic rings. The Kier molecular flexibility index (Phi) is 8.85. The van der Waals surface area contributed by atoms with Gasteiger partial charge in [0.1, 0.15) is 12.3 Å². The van der Waals surface area contributed by atoms with Gasteiger partial charge in [0.15, 0.2) is 0 Å². The molecule has 3 heterocycles. The molecule has 2 aromatic carbocycles. The second kappa shape index (κ2) is 12.4. The minimum atomic E-state index is -1.08. The lowest BCUT2D eigenvalue weighted by molar-refractivity contribution is 0.0265. The van der Waals surface area contributed by atoms with E-state index in [2.05, 4.69) is 73.2 Å². The molecule has 8 heteroatoms. The molecular formula is C34H44N4O3Si. The van der Waals surface area contributed by atoms with Crippen LogP contribution in [0.3, 0.4) is 0 Å². The van der Waals surface area contributed by atoms with Crippen LogP contribution in [0.4, 0.5) is 4.79 Å². The first-order chi connectivity index (χ1) is 19.9. The molecule has 0 bridgehead atoms. The van der Waals surface area contributed by atoms with Gasteiger partial charge in [-0.2, -0.15) is 0 Å². The maximum Gasteiger partial charge on any atom is 0.410 e. The molecule has 1 aromatic heterocycles. The molecule has 0 saturated carbocycles. The van der Waals surface area contributed by atoms with E-state index in [1.54, 1.807) is 0 Å². The first-order valence-electron chi connectivity index (χ1n) is 15.0. The molecule has 0 spiro atoms. The summed E-state index contributed by atoms with van der Waals surface area (Å²) in [7, 11) is -1.08. The largest absolute Gasteiger partial charge is 0.444 e. The van der Waals surface area contributed by atoms with E-state index in [-0.39, 0.29) is 12.1 Å². The Bertz CT molecular complexity index is 1440. The second-order valence-corrected chi connectivity index (χ2v) is 19.2. The van der Waals surface area contributed by atoms with E-state index in [1.165, 1.54) is 17.2 Å². The number of rotatable bonds is 9. The van der Waals surface area contributed by atoms with Crippen LogP contribution in [0.15, 0.2) is 72.2 Å². The molecule has 1 fully saturated rings. The van der Waals surface area contributed by atoms with Gasteiger partial charge in [-0.3, -0.25) is 9.89 Å². The minimum absolute atomic E-state index is 0.0141. The van der Waals surface area contributed by atoms with E-state index in [0.29, 0.717) is 6.73 Å². The van der Waals surface area contributed by atoms with Gasteiger partial charge in [0, 0.05) is 51.3 Å². The highest BCUT2D eigenvalue weighted by atomic mass is 28.3. The molecular weight excluding hydrogens is 540 g/mol. The fourth-order valence-corrected chi connectivity index (χ4v) is 6.07. The van der Waals surface area contributed by atoms with Crippen molar-refractivity contribution >= 4 is 25.5 Å². The predicted molar refractivity (Wildman–Crippen MR) is 173 cm³/mol. The number of aliphatic imine (C=N–C) groups is 1. The molecule has 1 amide bonds. The van der Waals surface area contributed by atoms with Crippen LogP contribution in [0.5, 0.6) is 0 Å². The molecule has 1 atom stereocenters. The van der Waals surface area contributed by atoms with Crippen molar-refractivity contribution in [2.75, 3.05) is 13.2 Å². The average Bonchev–Trinajstić information content (AvgIpc) is 3.71. The van der Waals surface area contributed by atoms with E-state index < -0.39 is 13.7 Å². The van der Waals surface area contributed by atoms with Gasteiger partial charge in [-0.25, -0.2) is 9.78 Å². The third-order valence-corrected chi connectivity index (χ3v) is 9.37. The quantitative estimate of drug-likeness (QED) is 0.188. The first-order valence-corrected chi connectivity index (χ1v) is 18.7. The van der Waals surface area contributed by atoms with Crippen molar-refractivity contribution in [1.29, 1.82) is 0 Å². The smallest absolute Gasteiger partial charge is 0.410 e. The number of amides is 1. The lowest BCUT2D eigenvalue weighted by Crippen LogP contribution is -2.43. The number of ether oxygens (including phenoxy) is 2. The Morgan fingerprint density at radius 3 is 2.26 bits per heavy atom. The zero-order valence-corrected chi connectivity index (χ0v) is 26.9. The summed E-state index contributed by atoms with van der Waals surface area (Å²) in [5, 5.41) is 0. The number of likely N-dealkylation sites (tertiary alicyclic amines) is 1. The van der Waals surface area contributed by atoms with E-state index in [9.17, 15) is 4.79 Å². The standard InChI is InChI=1S/C34H44N4O3Si/c1-34(2,3)41-33(39)38-17-7-8-32(38)30-20-29(21-35-30)27-11-9-25(10-12-27)26-13-15-28(16-14-26)31-22-37(23-36-31)24-40-18-19-42(4,5)6/h9-16,21-23,32H,7-8,17-20,24H2,1-6H3/t32-/m1/s1. The summed E-state index contributed by atoms with van der Waals surface area (Å²) in [6.07, 6.45) is 8.26. The van der Waals surface area contributed by atoms with Gasteiger partial charge < -0.3 is 14.0 Å². The molecule has 42 heavy (non-hydrogen) atoms. The van der Waals surface area contributed by atoms with E-state index in [0.717, 1.165) is 60.5 Å². The summed E-state index contributed by atoms with van der Waals surface area (Å²) < 4.78 is 13.5. The number of hydrogen-bond donors (Lipinski definition) is 0.